The molecule has 0 radical (unpaired) electrons. The molecular weight excluding hydrogens is 228 g/mol. The summed E-state index contributed by atoms with van der Waals surface area (Å²) in [4.78, 5) is 12.7. The molecule has 0 aliphatic carbocycles. The number of nitrogens with zero attached hydrogens (tertiary/aromatic N) is 3. The molecule has 1 N–H and O–H groups in total. The molecule has 5 nitrogen and oxygen atoms in total. The Kier molecular flexibility index (Phi) is 3.84. The zero-order valence-electron chi connectivity index (χ0n) is 10.7. The molecule has 0 aliphatic rings. The fourth-order valence-electron chi connectivity index (χ4n) is 1.91. The third-order valence-corrected chi connectivity index (χ3v) is 2.84. The van der Waals surface area contributed by atoms with Gasteiger partial charge in [0.1, 0.15) is 5.69 Å². The topological polar surface area (TPSA) is 59.9 Å². The highest BCUT2D eigenvalue weighted by Crippen LogP contribution is 2.27. The van der Waals surface area contributed by atoms with Gasteiger partial charge in [-0.05, 0) is 31.2 Å². The molecule has 2 rings (SSSR count). The molecule has 0 saturated heterocycles. The van der Waals surface area contributed by atoms with E-state index in [0.29, 0.717) is 5.88 Å². The number of methoxy groups -OCH3 is 1. The van der Waals surface area contributed by atoms with E-state index in [1.807, 2.05) is 26.2 Å². The van der Waals surface area contributed by atoms with Crippen LogP contribution in [0.4, 0.5) is 0 Å². The second-order valence-electron chi connectivity index (χ2n) is 3.90. The van der Waals surface area contributed by atoms with Gasteiger partial charge in [0.05, 0.1) is 13.2 Å². The third-order valence-electron chi connectivity index (χ3n) is 2.84. The maximum Gasteiger partial charge on any atom is 0.237 e. The van der Waals surface area contributed by atoms with Gasteiger partial charge in [0.25, 0.3) is 0 Å². The van der Waals surface area contributed by atoms with Crippen LogP contribution in [0.25, 0.3) is 0 Å². The first-order chi connectivity index (χ1) is 8.77. The van der Waals surface area contributed by atoms with Gasteiger partial charge in [-0.25, -0.2) is 4.98 Å². The number of aryl methyl sites for hydroxylation is 1. The second-order valence-corrected chi connectivity index (χ2v) is 3.90. The summed E-state index contributed by atoms with van der Waals surface area (Å²) in [5.41, 5.74) is 2.98. The molecule has 0 bridgehead atoms. The highest BCUT2D eigenvalue weighted by Gasteiger charge is 2.20. The fourth-order valence-corrected chi connectivity index (χ4v) is 1.91. The molecule has 0 saturated carbocycles. The lowest BCUT2D eigenvalue weighted by atomic mass is 10.0. The molecule has 0 amide bonds. The van der Waals surface area contributed by atoms with E-state index in [4.69, 9.17) is 4.74 Å². The lowest BCUT2D eigenvalue weighted by Gasteiger charge is -2.19. The molecular formula is C13H16N4O. The number of nitrogens with one attached hydrogen (secondary N) is 1. The van der Waals surface area contributed by atoms with Crippen molar-refractivity contribution < 1.29 is 4.74 Å². The van der Waals surface area contributed by atoms with Crippen molar-refractivity contribution in [2.24, 2.45) is 0 Å². The number of hydrogen-bond acceptors (Lipinski definition) is 5. The largest absolute Gasteiger partial charge is 0.480 e. The van der Waals surface area contributed by atoms with Crippen molar-refractivity contribution >= 4 is 0 Å². The Morgan fingerprint density at radius 3 is 2.67 bits per heavy atom. The van der Waals surface area contributed by atoms with Crippen LogP contribution in [-0.2, 0) is 0 Å². The Balaban J connectivity index is 2.49. The average Bonchev–Trinajstić information content (AvgIpc) is 2.42. The smallest absolute Gasteiger partial charge is 0.237 e. The van der Waals surface area contributed by atoms with Crippen LogP contribution in [0.1, 0.15) is 22.9 Å². The van der Waals surface area contributed by atoms with E-state index in [1.54, 1.807) is 25.7 Å². The molecule has 94 valence electrons. The summed E-state index contributed by atoms with van der Waals surface area (Å²) in [6.45, 7) is 2.05. The van der Waals surface area contributed by atoms with Crippen LogP contribution >= 0.6 is 0 Å². The van der Waals surface area contributed by atoms with E-state index in [9.17, 15) is 0 Å². The molecule has 5 heteroatoms. The van der Waals surface area contributed by atoms with Gasteiger partial charge >= 0.3 is 0 Å². The predicted molar refractivity (Wildman–Crippen MR) is 68.5 cm³/mol. The highest BCUT2D eigenvalue weighted by molar-refractivity contribution is 5.35. The summed E-state index contributed by atoms with van der Waals surface area (Å²) < 4.78 is 5.26. The lowest BCUT2D eigenvalue weighted by Crippen LogP contribution is -2.21. The summed E-state index contributed by atoms with van der Waals surface area (Å²) in [5, 5.41) is 3.23. The Hall–Kier alpha value is -2.01. The highest BCUT2D eigenvalue weighted by atomic mass is 16.5. The maximum atomic E-state index is 5.26. The Morgan fingerprint density at radius 1 is 1.22 bits per heavy atom. The van der Waals surface area contributed by atoms with Crippen molar-refractivity contribution in [2.45, 2.75) is 13.0 Å². The monoisotopic (exact) mass is 244 g/mol. The molecule has 2 aromatic rings. The van der Waals surface area contributed by atoms with Crippen LogP contribution in [0, 0.1) is 6.92 Å². The summed E-state index contributed by atoms with van der Waals surface area (Å²) in [7, 11) is 3.47. The van der Waals surface area contributed by atoms with Crippen LogP contribution in [0.3, 0.4) is 0 Å². The van der Waals surface area contributed by atoms with Crippen molar-refractivity contribution in [1.29, 1.82) is 0 Å². The SMILES string of the molecule is CNC(c1cnccc1C)c1nccnc1OC. The van der Waals surface area contributed by atoms with Gasteiger partial charge < -0.3 is 10.1 Å². The number of rotatable bonds is 4. The van der Waals surface area contributed by atoms with Crippen molar-refractivity contribution in [2.75, 3.05) is 14.2 Å². The van der Waals surface area contributed by atoms with E-state index in [0.717, 1.165) is 16.8 Å². The minimum atomic E-state index is -0.0812. The van der Waals surface area contributed by atoms with E-state index in [-0.39, 0.29) is 6.04 Å². The van der Waals surface area contributed by atoms with Crippen molar-refractivity contribution in [1.82, 2.24) is 20.3 Å². The van der Waals surface area contributed by atoms with E-state index in [1.165, 1.54) is 0 Å². The van der Waals surface area contributed by atoms with Gasteiger partial charge in [0.2, 0.25) is 5.88 Å². The van der Waals surface area contributed by atoms with Crippen LogP contribution < -0.4 is 10.1 Å². The second kappa shape index (κ2) is 5.55. The summed E-state index contributed by atoms with van der Waals surface area (Å²) in [5.74, 6) is 0.528. The van der Waals surface area contributed by atoms with Crippen LogP contribution in [-0.4, -0.2) is 29.1 Å². The minimum Gasteiger partial charge on any atom is -0.480 e. The van der Waals surface area contributed by atoms with Crippen molar-refractivity contribution in [3.63, 3.8) is 0 Å². The standard InChI is InChI=1S/C13H16N4O/c1-9-4-5-15-8-10(9)11(14-2)12-13(18-3)17-7-6-16-12/h4-8,11,14H,1-3H3. The van der Waals surface area contributed by atoms with E-state index >= 15 is 0 Å². The van der Waals surface area contributed by atoms with Crippen molar-refractivity contribution in [3.8, 4) is 5.88 Å². The number of ether oxygens (including phenoxy) is 1. The summed E-state index contributed by atoms with van der Waals surface area (Å²) >= 11 is 0. The van der Waals surface area contributed by atoms with E-state index < -0.39 is 0 Å². The molecule has 0 aromatic carbocycles. The van der Waals surface area contributed by atoms with Gasteiger partial charge in [0.15, 0.2) is 0 Å². The van der Waals surface area contributed by atoms with Gasteiger partial charge in [-0.1, -0.05) is 0 Å². The maximum absolute atomic E-state index is 5.26. The molecule has 2 heterocycles. The Bertz CT molecular complexity index is 530. The van der Waals surface area contributed by atoms with E-state index in [2.05, 4.69) is 20.3 Å². The normalized spacial score (nSPS) is 12.2. The molecule has 2 aromatic heterocycles. The first-order valence-corrected chi connectivity index (χ1v) is 5.70. The Labute approximate surface area is 106 Å². The molecule has 1 atom stereocenters. The molecule has 1 unspecified atom stereocenters. The van der Waals surface area contributed by atoms with Crippen LogP contribution in [0.5, 0.6) is 5.88 Å². The zero-order chi connectivity index (χ0) is 13.0. The quantitative estimate of drug-likeness (QED) is 0.883. The van der Waals surface area contributed by atoms with Gasteiger partial charge in [-0.15, -0.1) is 0 Å². The number of pyridine rings is 1. The molecule has 0 spiro atoms. The van der Waals surface area contributed by atoms with Crippen molar-refractivity contribution in [3.05, 3.63) is 47.7 Å². The average molecular weight is 244 g/mol. The zero-order valence-corrected chi connectivity index (χ0v) is 10.7. The molecule has 18 heavy (non-hydrogen) atoms. The lowest BCUT2D eigenvalue weighted by molar-refractivity contribution is 0.384. The third kappa shape index (κ3) is 2.31. The number of hydrogen-bond donors (Lipinski definition) is 1. The van der Waals surface area contributed by atoms with Crippen LogP contribution in [0.15, 0.2) is 30.9 Å². The number of aromatic nitrogens is 3. The molecule has 0 aliphatic heterocycles. The first-order valence-electron chi connectivity index (χ1n) is 5.70. The summed E-state index contributed by atoms with van der Waals surface area (Å²) in [6.07, 6.45) is 6.89. The Morgan fingerprint density at radius 2 is 2.00 bits per heavy atom. The van der Waals surface area contributed by atoms with Gasteiger partial charge in [-0.3, -0.25) is 9.97 Å². The van der Waals surface area contributed by atoms with Crippen LogP contribution in [0.2, 0.25) is 0 Å². The summed E-state index contributed by atoms with van der Waals surface area (Å²) in [6, 6.07) is 1.89. The van der Waals surface area contributed by atoms with Gasteiger partial charge in [0, 0.05) is 24.8 Å². The first kappa shape index (κ1) is 12.4. The van der Waals surface area contributed by atoms with Gasteiger partial charge in [-0.2, -0.15) is 0 Å². The fraction of sp³-hybridized carbons (Fsp3) is 0.308. The molecule has 0 fully saturated rings. The minimum absolute atomic E-state index is 0.0812. The predicted octanol–water partition coefficient (Wildman–Crippen LogP) is 1.50.